The van der Waals surface area contributed by atoms with Crippen LogP contribution in [0.5, 0.6) is 0 Å². The Labute approximate surface area is 74.1 Å². The fourth-order valence-corrected chi connectivity index (χ4v) is 1.56. The van der Waals surface area contributed by atoms with Gasteiger partial charge < -0.3 is 5.21 Å². The number of hydrogen-bond donors (Lipinski definition) is 2. The first-order valence-corrected chi connectivity index (χ1v) is 4.00. The molecule has 0 unspecified atom stereocenters. The zero-order valence-corrected chi connectivity index (χ0v) is 6.74. The molecule has 1 aromatic carbocycles. The fourth-order valence-electron chi connectivity index (χ4n) is 1.56. The van der Waals surface area contributed by atoms with E-state index in [-0.39, 0.29) is 0 Å². The van der Waals surface area contributed by atoms with Crippen LogP contribution in [0.4, 0.5) is 8.78 Å². The molecule has 1 saturated carbocycles. The van der Waals surface area contributed by atoms with Gasteiger partial charge in [0.1, 0.15) is 6.04 Å². The molecule has 1 fully saturated rings. The van der Waals surface area contributed by atoms with Crippen LogP contribution in [-0.2, 0) is 0 Å². The van der Waals surface area contributed by atoms with Gasteiger partial charge in [-0.25, -0.2) is 8.78 Å². The monoisotopic (exact) mass is 185 g/mol. The van der Waals surface area contributed by atoms with Crippen molar-refractivity contribution in [2.24, 2.45) is 0 Å². The van der Waals surface area contributed by atoms with Crippen LogP contribution in [0.1, 0.15) is 11.5 Å². The molecule has 70 valence electrons. The second-order valence-corrected chi connectivity index (χ2v) is 3.17. The molecule has 0 spiro atoms. The topological polar surface area (TPSA) is 32.3 Å². The highest BCUT2D eigenvalue weighted by Crippen LogP contribution is 2.55. The largest absolute Gasteiger partial charge is 0.316 e. The van der Waals surface area contributed by atoms with Gasteiger partial charge in [-0.3, -0.25) is 0 Å². The van der Waals surface area contributed by atoms with Crippen molar-refractivity contribution < 1.29 is 14.0 Å². The molecule has 4 heteroatoms. The first kappa shape index (κ1) is 8.59. The van der Waals surface area contributed by atoms with Crippen LogP contribution in [0, 0.1) is 0 Å². The van der Waals surface area contributed by atoms with Gasteiger partial charge in [0.15, 0.2) is 0 Å². The number of alkyl halides is 2. The second-order valence-electron chi connectivity index (χ2n) is 3.17. The van der Waals surface area contributed by atoms with Crippen molar-refractivity contribution in [1.82, 2.24) is 5.48 Å². The predicted molar refractivity (Wildman–Crippen MR) is 42.8 cm³/mol. The number of hydrogen-bond acceptors (Lipinski definition) is 2. The van der Waals surface area contributed by atoms with Crippen LogP contribution in [0.3, 0.4) is 0 Å². The van der Waals surface area contributed by atoms with Crippen LogP contribution in [0.2, 0.25) is 0 Å². The van der Waals surface area contributed by atoms with Gasteiger partial charge in [-0.1, -0.05) is 30.3 Å². The molecular formula is C9H9F2NO. The van der Waals surface area contributed by atoms with E-state index in [0.29, 0.717) is 5.56 Å². The van der Waals surface area contributed by atoms with E-state index >= 15 is 0 Å². The zero-order chi connectivity index (χ0) is 9.47. The average Bonchev–Trinajstić information content (AvgIpc) is 2.69. The molecule has 2 atom stereocenters. The number of halogens is 2. The molecule has 2 N–H and O–H groups in total. The molecule has 0 aromatic heterocycles. The quantitative estimate of drug-likeness (QED) is 0.688. The molecule has 1 aliphatic carbocycles. The highest BCUT2D eigenvalue weighted by Gasteiger charge is 2.69. The van der Waals surface area contributed by atoms with Crippen molar-refractivity contribution in [3.05, 3.63) is 35.9 Å². The number of rotatable bonds is 2. The summed E-state index contributed by atoms with van der Waals surface area (Å²) >= 11 is 0. The van der Waals surface area contributed by atoms with Crippen LogP contribution in [0.25, 0.3) is 0 Å². The first-order chi connectivity index (χ1) is 6.18. The highest BCUT2D eigenvalue weighted by atomic mass is 19.3. The summed E-state index contributed by atoms with van der Waals surface area (Å²) in [5, 5.41) is 8.44. The Bertz CT molecular complexity index is 302. The molecule has 2 rings (SSSR count). The van der Waals surface area contributed by atoms with E-state index in [1.54, 1.807) is 35.8 Å². The summed E-state index contributed by atoms with van der Waals surface area (Å²) < 4.78 is 25.8. The molecular weight excluding hydrogens is 176 g/mol. The Balaban J connectivity index is 2.22. The lowest BCUT2D eigenvalue weighted by Gasteiger charge is -1.95. The molecule has 0 saturated heterocycles. The molecule has 1 aromatic rings. The Morgan fingerprint density at radius 3 is 2.31 bits per heavy atom. The summed E-state index contributed by atoms with van der Waals surface area (Å²) in [5.74, 6) is -3.71. The molecule has 0 amide bonds. The highest BCUT2D eigenvalue weighted by molar-refractivity contribution is 5.34. The smallest absolute Gasteiger partial charge is 0.274 e. The van der Waals surface area contributed by atoms with Crippen LogP contribution >= 0.6 is 0 Å². The van der Waals surface area contributed by atoms with Crippen molar-refractivity contribution in [3.63, 3.8) is 0 Å². The van der Waals surface area contributed by atoms with E-state index in [1.165, 1.54) is 0 Å². The molecule has 0 bridgehead atoms. The summed E-state index contributed by atoms with van der Waals surface area (Å²) in [5.41, 5.74) is 2.18. The lowest BCUT2D eigenvalue weighted by Crippen LogP contribution is -2.16. The SMILES string of the molecule is ON[C@H]1[C@H](c2ccccc2)C1(F)F. The molecule has 1 aliphatic rings. The Kier molecular flexibility index (Phi) is 1.82. The minimum absolute atomic E-state index is 0.555. The minimum Gasteiger partial charge on any atom is -0.316 e. The van der Waals surface area contributed by atoms with Crippen molar-refractivity contribution >= 4 is 0 Å². The van der Waals surface area contributed by atoms with E-state index in [4.69, 9.17) is 5.21 Å². The van der Waals surface area contributed by atoms with E-state index in [2.05, 4.69) is 0 Å². The van der Waals surface area contributed by atoms with Gasteiger partial charge in [-0.2, -0.15) is 5.48 Å². The molecule has 0 heterocycles. The van der Waals surface area contributed by atoms with Crippen LogP contribution in [-0.4, -0.2) is 17.2 Å². The number of hydroxylamine groups is 1. The van der Waals surface area contributed by atoms with Crippen LogP contribution < -0.4 is 5.48 Å². The third-order valence-electron chi connectivity index (χ3n) is 2.35. The number of benzene rings is 1. The average molecular weight is 185 g/mol. The van der Waals surface area contributed by atoms with Gasteiger partial charge in [0.05, 0.1) is 5.92 Å². The third-order valence-corrected chi connectivity index (χ3v) is 2.35. The zero-order valence-electron chi connectivity index (χ0n) is 6.74. The Hall–Kier alpha value is -1.00. The van der Waals surface area contributed by atoms with Gasteiger partial charge in [0.25, 0.3) is 5.92 Å². The van der Waals surface area contributed by atoms with E-state index in [0.717, 1.165) is 0 Å². The molecule has 0 radical (unpaired) electrons. The lowest BCUT2D eigenvalue weighted by atomic mass is 10.1. The normalized spacial score (nSPS) is 30.1. The summed E-state index contributed by atoms with van der Waals surface area (Å²) in [6.45, 7) is 0. The minimum atomic E-state index is -2.82. The second kappa shape index (κ2) is 2.75. The summed E-state index contributed by atoms with van der Waals surface area (Å²) in [4.78, 5) is 0. The standard InChI is InChI=1S/C9H9F2NO/c10-9(11)7(8(9)12-13)6-4-2-1-3-5-6/h1-5,7-8,12-13H/t7-,8-/m0/s1. The third kappa shape index (κ3) is 1.22. The van der Waals surface area contributed by atoms with Crippen molar-refractivity contribution in [2.75, 3.05) is 0 Å². The fraction of sp³-hybridized carbons (Fsp3) is 0.333. The van der Waals surface area contributed by atoms with E-state index in [1.807, 2.05) is 0 Å². The molecule has 2 nitrogen and oxygen atoms in total. The van der Waals surface area contributed by atoms with Crippen molar-refractivity contribution in [3.8, 4) is 0 Å². The van der Waals surface area contributed by atoms with Gasteiger partial charge in [0, 0.05) is 0 Å². The molecule has 13 heavy (non-hydrogen) atoms. The molecule has 0 aliphatic heterocycles. The van der Waals surface area contributed by atoms with Crippen molar-refractivity contribution in [1.29, 1.82) is 0 Å². The van der Waals surface area contributed by atoms with Crippen molar-refractivity contribution in [2.45, 2.75) is 17.9 Å². The Morgan fingerprint density at radius 2 is 1.85 bits per heavy atom. The summed E-state index contributed by atoms with van der Waals surface area (Å²) in [6, 6.07) is 7.32. The first-order valence-electron chi connectivity index (χ1n) is 4.00. The summed E-state index contributed by atoms with van der Waals surface area (Å²) in [7, 11) is 0. The maximum absolute atomic E-state index is 12.9. The van der Waals surface area contributed by atoms with Gasteiger partial charge in [-0.15, -0.1) is 0 Å². The van der Waals surface area contributed by atoms with Gasteiger partial charge in [0.2, 0.25) is 0 Å². The predicted octanol–water partition coefficient (Wildman–Crippen LogP) is 1.77. The van der Waals surface area contributed by atoms with Gasteiger partial charge in [-0.05, 0) is 5.56 Å². The van der Waals surface area contributed by atoms with Gasteiger partial charge >= 0.3 is 0 Å². The maximum Gasteiger partial charge on any atom is 0.274 e. The number of nitrogens with one attached hydrogen (secondary N) is 1. The summed E-state index contributed by atoms with van der Waals surface area (Å²) in [6.07, 6.45) is 0. The van der Waals surface area contributed by atoms with Crippen LogP contribution in [0.15, 0.2) is 30.3 Å². The Morgan fingerprint density at radius 1 is 1.23 bits per heavy atom. The van der Waals surface area contributed by atoms with E-state index < -0.39 is 17.9 Å². The maximum atomic E-state index is 12.9. The lowest BCUT2D eigenvalue weighted by molar-refractivity contribution is 0.0617. The van der Waals surface area contributed by atoms with E-state index in [9.17, 15) is 8.78 Å².